The van der Waals surface area contributed by atoms with E-state index >= 15 is 0 Å². The van der Waals surface area contributed by atoms with Crippen LogP contribution in [0.5, 0.6) is 0 Å². The molecular formula is C48H50N4. The van der Waals surface area contributed by atoms with Gasteiger partial charge in [-0.3, -0.25) is 0 Å². The lowest BCUT2D eigenvalue weighted by atomic mass is 9.85. The summed E-state index contributed by atoms with van der Waals surface area (Å²) in [7, 11) is 0. The standard InChI is InChI=1S/C48H50N4/c1-45(2,3)31-13-17-40-36(23-31)37-24-32(46(4,5)6)14-18-41(37)51(40)35-21-29(27-49)44(30(22-35)28-50)52-42-19-15-33(47(7,8)9)25-38(42)39-26-34(48(10,11)12)16-20-43(39)52/h13-26H,1-12H3. The topological polar surface area (TPSA) is 57.4 Å². The summed E-state index contributed by atoms with van der Waals surface area (Å²) in [5, 5.41) is 26.4. The highest BCUT2D eigenvalue weighted by Crippen LogP contribution is 2.42. The van der Waals surface area contributed by atoms with Crippen molar-refractivity contribution >= 4 is 43.6 Å². The molecule has 0 amide bonds. The molecule has 4 heteroatoms. The van der Waals surface area contributed by atoms with Gasteiger partial charge in [-0.25, -0.2) is 0 Å². The molecule has 0 radical (unpaired) electrons. The molecule has 0 atom stereocenters. The third kappa shape index (κ3) is 5.66. The molecule has 0 bridgehead atoms. The first kappa shape index (κ1) is 35.1. The molecule has 2 aromatic heterocycles. The molecule has 0 fully saturated rings. The van der Waals surface area contributed by atoms with Gasteiger partial charge in [0.05, 0.1) is 38.9 Å². The Balaban J connectivity index is 1.56. The van der Waals surface area contributed by atoms with Gasteiger partial charge in [0.25, 0.3) is 0 Å². The Morgan fingerprint density at radius 2 is 0.654 bits per heavy atom. The zero-order valence-corrected chi connectivity index (χ0v) is 32.9. The van der Waals surface area contributed by atoms with Crippen molar-refractivity contribution in [1.82, 2.24) is 9.13 Å². The first-order valence-electron chi connectivity index (χ1n) is 18.4. The summed E-state index contributed by atoms with van der Waals surface area (Å²) in [4.78, 5) is 0. The zero-order valence-electron chi connectivity index (χ0n) is 32.9. The number of rotatable bonds is 2. The van der Waals surface area contributed by atoms with Crippen LogP contribution < -0.4 is 0 Å². The molecule has 0 saturated heterocycles. The van der Waals surface area contributed by atoms with Crippen molar-refractivity contribution < 1.29 is 0 Å². The van der Waals surface area contributed by atoms with Crippen LogP contribution >= 0.6 is 0 Å². The van der Waals surface area contributed by atoms with Crippen molar-refractivity contribution in [3.05, 3.63) is 118 Å². The van der Waals surface area contributed by atoms with Crippen LogP contribution in [0.25, 0.3) is 55.0 Å². The lowest BCUT2D eigenvalue weighted by Crippen LogP contribution is -2.10. The van der Waals surface area contributed by atoms with Crippen molar-refractivity contribution in [1.29, 1.82) is 10.5 Å². The van der Waals surface area contributed by atoms with Crippen molar-refractivity contribution in [2.45, 2.75) is 105 Å². The molecule has 262 valence electrons. The van der Waals surface area contributed by atoms with Crippen LogP contribution in [0.15, 0.2) is 84.9 Å². The van der Waals surface area contributed by atoms with Crippen LogP contribution in [0.4, 0.5) is 0 Å². The molecule has 0 aliphatic carbocycles. The van der Waals surface area contributed by atoms with Crippen LogP contribution in [0.3, 0.4) is 0 Å². The van der Waals surface area contributed by atoms with Gasteiger partial charge in [0.1, 0.15) is 12.1 Å². The van der Waals surface area contributed by atoms with Crippen molar-refractivity contribution in [3.63, 3.8) is 0 Å². The number of hydrogen-bond acceptors (Lipinski definition) is 2. The molecule has 0 spiro atoms. The predicted molar refractivity (Wildman–Crippen MR) is 219 cm³/mol. The molecule has 52 heavy (non-hydrogen) atoms. The zero-order chi connectivity index (χ0) is 37.7. The van der Waals surface area contributed by atoms with E-state index in [4.69, 9.17) is 0 Å². The monoisotopic (exact) mass is 682 g/mol. The average molecular weight is 683 g/mol. The van der Waals surface area contributed by atoms with Crippen LogP contribution in [0.1, 0.15) is 116 Å². The van der Waals surface area contributed by atoms with Gasteiger partial charge in [0.15, 0.2) is 0 Å². The normalized spacial score (nSPS) is 13.0. The summed E-state index contributed by atoms with van der Waals surface area (Å²) >= 11 is 0. The third-order valence-corrected chi connectivity index (χ3v) is 10.8. The van der Waals surface area contributed by atoms with Gasteiger partial charge in [-0.1, -0.05) is 107 Å². The molecule has 0 saturated carbocycles. The Morgan fingerprint density at radius 1 is 0.385 bits per heavy atom. The Labute approximate surface area is 308 Å². The molecule has 7 aromatic rings. The van der Waals surface area contributed by atoms with E-state index in [0.717, 1.165) is 38.5 Å². The summed E-state index contributed by atoms with van der Waals surface area (Å²) in [6, 6.07) is 35.7. The van der Waals surface area contributed by atoms with Crippen LogP contribution in [0, 0.1) is 22.7 Å². The fourth-order valence-corrected chi connectivity index (χ4v) is 7.59. The number of hydrogen-bond donors (Lipinski definition) is 0. The molecule has 0 aliphatic heterocycles. The van der Waals surface area contributed by atoms with Gasteiger partial charge < -0.3 is 9.13 Å². The van der Waals surface area contributed by atoms with Gasteiger partial charge in [-0.05, 0) is 105 Å². The van der Waals surface area contributed by atoms with Crippen LogP contribution in [-0.4, -0.2) is 9.13 Å². The van der Waals surface area contributed by atoms with E-state index in [1.54, 1.807) is 0 Å². The second kappa shape index (κ2) is 11.6. The van der Waals surface area contributed by atoms with E-state index in [-0.39, 0.29) is 21.7 Å². The van der Waals surface area contributed by atoms with Crippen molar-refractivity contribution in [3.8, 4) is 23.5 Å². The second-order valence-electron chi connectivity index (χ2n) is 18.7. The SMILES string of the molecule is CC(C)(C)c1ccc2c(c1)c1cc(C(C)(C)C)ccc1n2-c1cc(C#N)c(-n2c3ccc(C(C)(C)C)cc3c3cc(C(C)(C)C)ccc32)c(C#N)c1. The maximum Gasteiger partial charge on any atom is 0.101 e. The fraction of sp³-hybridized carbons (Fsp3) is 0.333. The second-order valence-corrected chi connectivity index (χ2v) is 18.7. The average Bonchev–Trinajstić information content (AvgIpc) is 3.57. The van der Waals surface area contributed by atoms with Gasteiger partial charge >= 0.3 is 0 Å². The highest BCUT2D eigenvalue weighted by Gasteiger charge is 2.26. The minimum absolute atomic E-state index is 0.0164. The number of nitriles is 2. The van der Waals surface area contributed by atoms with E-state index in [1.165, 1.54) is 33.0 Å². The third-order valence-electron chi connectivity index (χ3n) is 10.8. The van der Waals surface area contributed by atoms with Crippen molar-refractivity contribution in [2.24, 2.45) is 0 Å². The minimum atomic E-state index is -0.0366. The molecule has 5 aromatic carbocycles. The van der Waals surface area contributed by atoms with E-state index in [2.05, 4.69) is 177 Å². The number of benzene rings is 5. The molecule has 0 N–H and O–H groups in total. The number of aromatic nitrogens is 2. The molecule has 7 rings (SSSR count). The lowest BCUT2D eigenvalue weighted by Gasteiger charge is -2.20. The van der Waals surface area contributed by atoms with Gasteiger partial charge in [-0.15, -0.1) is 0 Å². The maximum atomic E-state index is 10.9. The molecule has 0 aliphatic rings. The molecular weight excluding hydrogens is 633 g/mol. The Bertz CT molecular complexity index is 2490. The summed E-state index contributed by atoms with van der Waals surface area (Å²) in [5.74, 6) is 0. The smallest absolute Gasteiger partial charge is 0.101 e. The lowest BCUT2D eigenvalue weighted by molar-refractivity contribution is 0.590. The van der Waals surface area contributed by atoms with Crippen molar-refractivity contribution in [2.75, 3.05) is 0 Å². The Hall–Kier alpha value is -5.32. The summed E-state index contributed by atoms with van der Waals surface area (Å²) in [6.45, 7) is 26.9. The highest BCUT2D eigenvalue weighted by molar-refractivity contribution is 6.11. The van der Waals surface area contributed by atoms with Gasteiger partial charge in [-0.2, -0.15) is 10.5 Å². The number of nitrogens with zero attached hydrogens (tertiary/aromatic N) is 4. The first-order chi connectivity index (χ1) is 24.2. The molecule has 4 nitrogen and oxygen atoms in total. The van der Waals surface area contributed by atoms with E-state index in [9.17, 15) is 10.5 Å². The van der Waals surface area contributed by atoms with Gasteiger partial charge in [0, 0.05) is 27.2 Å². The van der Waals surface area contributed by atoms with Gasteiger partial charge in [0.2, 0.25) is 0 Å². The Morgan fingerprint density at radius 3 is 0.904 bits per heavy atom. The summed E-state index contributed by atoms with van der Waals surface area (Å²) in [5.41, 5.74) is 11.3. The summed E-state index contributed by atoms with van der Waals surface area (Å²) in [6.07, 6.45) is 0. The Kier molecular flexibility index (Phi) is 7.83. The number of fused-ring (bicyclic) bond motifs is 6. The maximum absolute atomic E-state index is 10.9. The quantitative estimate of drug-likeness (QED) is 0.182. The van der Waals surface area contributed by atoms with E-state index in [1.807, 2.05) is 12.1 Å². The summed E-state index contributed by atoms with van der Waals surface area (Å²) < 4.78 is 4.37. The predicted octanol–water partition coefficient (Wildman–Crippen LogP) is 12.8. The minimum Gasteiger partial charge on any atom is -0.309 e. The largest absolute Gasteiger partial charge is 0.309 e. The fourth-order valence-electron chi connectivity index (χ4n) is 7.59. The van der Waals surface area contributed by atoms with E-state index in [0.29, 0.717) is 16.8 Å². The van der Waals surface area contributed by atoms with E-state index < -0.39 is 0 Å². The first-order valence-corrected chi connectivity index (χ1v) is 18.4. The van der Waals surface area contributed by atoms with Crippen LogP contribution in [0.2, 0.25) is 0 Å². The molecule has 0 unspecified atom stereocenters. The highest BCUT2D eigenvalue weighted by atomic mass is 15.0. The van der Waals surface area contributed by atoms with Crippen LogP contribution in [-0.2, 0) is 21.7 Å². The molecule has 2 heterocycles.